The van der Waals surface area contributed by atoms with E-state index in [-0.39, 0.29) is 23.2 Å². The molecule has 1 aromatic heterocycles. The average molecular weight is 300 g/mol. The molecule has 0 spiro atoms. The molecule has 2 amide bonds. The zero-order chi connectivity index (χ0) is 15.3. The number of ether oxygens (including phenoxy) is 1. The quantitative estimate of drug-likeness (QED) is 0.809. The van der Waals surface area contributed by atoms with Gasteiger partial charge in [-0.1, -0.05) is 0 Å². The highest BCUT2D eigenvalue weighted by Gasteiger charge is 2.22. The van der Waals surface area contributed by atoms with Gasteiger partial charge >= 0.3 is 18.0 Å². The third kappa shape index (κ3) is 3.95. The Hall–Kier alpha value is -2.09. The number of urea groups is 1. The fraction of sp³-hybridized carbons (Fsp3) is 0.417. The van der Waals surface area contributed by atoms with Crippen LogP contribution in [0.3, 0.4) is 0 Å². The molecule has 1 heterocycles. The van der Waals surface area contributed by atoms with Crippen LogP contribution in [0, 0.1) is 0 Å². The maximum atomic E-state index is 12.1. The highest BCUT2D eigenvalue weighted by molar-refractivity contribution is 7.14. The summed E-state index contributed by atoms with van der Waals surface area (Å²) >= 11 is 1.10. The first-order chi connectivity index (χ1) is 9.36. The lowest BCUT2D eigenvalue weighted by Crippen LogP contribution is -2.43. The minimum Gasteiger partial charge on any atom is -0.478 e. The Morgan fingerprint density at radius 2 is 2.10 bits per heavy atom. The third-order valence-corrected chi connectivity index (χ3v) is 3.36. The molecular weight excluding hydrogens is 284 g/mol. The maximum Gasteiger partial charge on any atom is 0.338 e. The molecule has 0 atom stereocenters. The molecule has 2 N–H and O–H groups in total. The van der Waals surface area contributed by atoms with Crippen LogP contribution in [-0.2, 0) is 9.53 Å². The molecule has 1 rings (SSSR count). The summed E-state index contributed by atoms with van der Waals surface area (Å²) in [6, 6.07) is 0.625. The lowest BCUT2D eigenvalue weighted by molar-refractivity contribution is -0.141. The van der Waals surface area contributed by atoms with Crippen molar-refractivity contribution in [1.29, 1.82) is 0 Å². The highest BCUT2D eigenvalue weighted by Crippen LogP contribution is 2.23. The number of carboxylic acid groups (broad SMARTS) is 1. The van der Waals surface area contributed by atoms with E-state index in [0.29, 0.717) is 0 Å². The van der Waals surface area contributed by atoms with E-state index < -0.39 is 18.0 Å². The Balaban J connectivity index is 2.83. The van der Waals surface area contributed by atoms with Gasteiger partial charge in [0.15, 0.2) is 0 Å². The average Bonchev–Trinajstić information content (AvgIpc) is 2.83. The van der Waals surface area contributed by atoms with Crippen molar-refractivity contribution in [1.82, 2.24) is 4.90 Å². The number of carbonyl (C=O) groups excluding carboxylic acids is 2. The molecule has 8 heteroatoms. The van der Waals surface area contributed by atoms with Crippen LogP contribution in [0.15, 0.2) is 11.4 Å². The zero-order valence-corrected chi connectivity index (χ0v) is 12.2. The summed E-state index contributed by atoms with van der Waals surface area (Å²) in [6.07, 6.45) is 0. The van der Waals surface area contributed by atoms with Crippen molar-refractivity contribution >= 4 is 34.3 Å². The summed E-state index contributed by atoms with van der Waals surface area (Å²) in [5.41, 5.74) is 0.0186. The number of esters is 1. The molecule has 0 radical (unpaired) electrons. The van der Waals surface area contributed by atoms with Crippen LogP contribution in [0.1, 0.15) is 24.2 Å². The zero-order valence-electron chi connectivity index (χ0n) is 11.4. The maximum absolute atomic E-state index is 12.1. The van der Waals surface area contributed by atoms with Crippen LogP contribution in [0.2, 0.25) is 0 Å². The summed E-state index contributed by atoms with van der Waals surface area (Å²) in [5, 5.41) is 13.3. The van der Waals surface area contributed by atoms with Gasteiger partial charge in [-0.25, -0.2) is 9.59 Å². The number of carbonyl (C=O) groups is 3. The lowest BCUT2D eigenvalue weighted by Gasteiger charge is -2.25. The number of nitrogens with zero attached hydrogens (tertiary/aromatic N) is 1. The van der Waals surface area contributed by atoms with Gasteiger partial charge in [-0.2, -0.15) is 0 Å². The van der Waals surface area contributed by atoms with E-state index in [2.05, 4.69) is 10.1 Å². The van der Waals surface area contributed by atoms with Gasteiger partial charge in [-0.05, 0) is 25.3 Å². The van der Waals surface area contributed by atoms with Crippen molar-refractivity contribution in [3.05, 3.63) is 17.0 Å². The van der Waals surface area contributed by atoms with Crippen molar-refractivity contribution in [3.63, 3.8) is 0 Å². The van der Waals surface area contributed by atoms with Gasteiger partial charge in [-0.15, -0.1) is 11.3 Å². The number of hydrogen-bond donors (Lipinski definition) is 2. The number of nitrogens with one attached hydrogen (secondary N) is 1. The predicted molar refractivity (Wildman–Crippen MR) is 74.2 cm³/mol. The normalized spacial score (nSPS) is 10.2. The molecule has 20 heavy (non-hydrogen) atoms. The number of rotatable bonds is 5. The van der Waals surface area contributed by atoms with E-state index >= 15 is 0 Å². The standard InChI is InChI=1S/C12H16N2O5S/c1-7(2)14(6-9(15)19-3)12(18)13-10-8(11(16)17)4-5-20-10/h4-5,7H,6H2,1-3H3,(H,13,18)(H,16,17). The number of methoxy groups -OCH3 is 1. The first-order valence-corrected chi connectivity index (χ1v) is 6.70. The number of aromatic carboxylic acids is 1. The fourth-order valence-electron chi connectivity index (χ4n) is 1.44. The highest BCUT2D eigenvalue weighted by atomic mass is 32.1. The van der Waals surface area contributed by atoms with E-state index in [0.717, 1.165) is 11.3 Å². The second-order valence-electron chi connectivity index (χ2n) is 4.20. The molecule has 0 aromatic carbocycles. The Kier molecular flexibility index (Phi) is 5.51. The van der Waals surface area contributed by atoms with Gasteiger partial charge in [-0.3, -0.25) is 10.1 Å². The first kappa shape index (κ1) is 16.0. The van der Waals surface area contributed by atoms with Crippen LogP contribution in [0.4, 0.5) is 9.80 Å². The van der Waals surface area contributed by atoms with E-state index in [1.807, 2.05) is 0 Å². The Bertz CT molecular complexity index is 512. The van der Waals surface area contributed by atoms with Crippen molar-refractivity contribution < 1.29 is 24.2 Å². The summed E-state index contributed by atoms with van der Waals surface area (Å²) in [7, 11) is 1.24. The van der Waals surface area contributed by atoms with Crippen molar-refractivity contribution in [2.24, 2.45) is 0 Å². The van der Waals surface area contributed by atoms with Crippen molar-refractivity contribution in [3.8, 4) is 0 Å². The summed E-state index contributed by atoms with van der Waals surface area (Å²) in [5.74, 6) is -1.66. The number of anilines is 1. The van der Waals surface area contributed by atoms with Gasteiger partial charge in [0.2, 0.25) is 0 Å². The van der Waals surface area contributed by atoms with Crippen molar-refractivity contribution in [2.75, 3.05) is 19.0 Å². The van der Waals surface area contributed by atoms with Crippen LogP contribution in [0.25, 0.3) is 0 Å². The smallest absolute Gasteiger partial charge is 0.338 e. The van der Waals surface area contributed by atoms with Crippen LogP contribution < -0.4 is 5.32 Å². The summed E-state index contributed by atoms with van der Waals surface area (Å²) in [6.45, 7) is 3.29. The molecule has 0 fully saturated rings. The molecule has 0 saturated heterocycles. The van der Waals surface area contributed by atoms with Gasteiger partial charge < -0.3 is 14.7 Å². The molecule has 0 aliphatic carbocycles. The first-order valence-electron chi connectivity index (χ1n) is 5.82. The Morgan fingerprint density at radius 1 is 1.45 bits per heavy atom. The molecule has 0 aliphatic rings. The second kappa shape index (κ2) is 6.90. The van der Waals surface area contributed by atoms with Gasteiger partial charge in [0.25, 0.3) is 0 Å². The number of carboxylic acids is 1. The lowest BCUT2D eigenvalue weighted by atomic mass is 10.3. The molecule has 0 unspecified atom stereocenters. The van der Waals surface area contributed by atoms with Crippen LogP contribution >= 0.6 is 11.3 Å². The monoisotopic (exact) mass is 300 g/mol. The van der Waals surface area contributed by atoms with Crippen molar-refractivity contribution in [2.45, 2.75) is 19.9 Å². The number of thiophene rings is 1. The fourth-order valence-corrected chi connectivity index (χ4v) is 2.20. The molecule has 110 valence electrons. The molecule has 1 aromatic rings. The minimum atomic E-state index is -1.12. The molecule has 0 aliphatic heterocycles. The van der Waals surface area contributed by atoms with E-state index in [1.54, 1.807) is 19.2 Å². The van der Waals surface area contributed by atoms with Crippen LogP contribution in [0.5, 0.6) is 0 Å². The van der Waals surface area contributed by atoms with E-state index in [9.17, 15) is 14.4 Å². The third-order valence-electron chi connectivity index (χ3n) is 2.53. The predicted octanol–water partition coefficient (Wildman–Crippen LogP) is 1.86. The molecule has 0 saturated carbocycles. The second-order valence-corrected chi connectivity index (χ2v) is 5.11. The molecule has 7 nitrogen and oxygen atoms in total. The summed E-state index contributed by atoms with van der Waals surface area (Å²) < 4.78 is 4.53. The van der Waals surface area contributed by atoms with E-state index in [4.69, 9.17) is 5.11 Å². The SMILES string of the molecule is COC(=O)CN(C(=O)Nc1sccc1C(=O)O)C(C)C. The topological polar surface area (TPSA) is 95.9 Å². The minimum absolute atomic E-state index is 0.0186. The number of amides is 2. The summed E-state index contributed by atoms with van der Waals surface area (Å²) in [4.78, 5) is 35.6. The molecule has 0 bridgehead atoms. The largest absolute Gasteiger partial charge is 0.478 e. The molecular formula is C12H16N2O5S. The van der Waals surface area contributed by atoms with Gasteiger partial charge in [0.05, 0.1) is 12.7 Å². The van der Waals surface area contributed by atoms with E-state index in [1.165, 1.54) is 18.1 Å². The van der Waals surface area contributed by atoms with Crippen LogP contribution in [-0.4, -0.2) is 47.7 Å². The van der Waals surface area contributed by atoms with Gasteiger partial charge in [0, 0.05) is 6.04 Å². The number of hydrogen-bond acceptors (Lipinski definition) is 5. The Labute approximate surface area is 120 Å². The van der Waals surface area contributed by atoms with Gasteiger partial charge in [0.1, 0.15) is 11.5 Å². The Morgan fingerprint density at radius 3 is 2.60 bits per heavy atom.